The molecule has 0 fully saturated rings. The Kier molecular flexibility index (Phi) is 4.28. The van der Waals surface area contributed by atoms with Crippen molar-refractivity contribution in [1.29, 1.82) is 0 Å². The summed E-state index contributed by atoms with van der Waals surface area (Å²) in [5.41, 5.74) is 1.94. The molecule has 114 valence electrons. The molecule has 1 heterocycles. The Morgan fingerprint density at radius 2 is 2.00 bits per heavy atom. The van der Waals surface area contributed by atoms with Gasteiger partial charge < -0.3 is 14.8 Å². The molecule has 1 unspecified atom stereocenters. The van der Waals surface area contributed by atoms with E-state index in [4.69, 9.17) is 9.47 Å². The highest BCUT2D eigenvalue weighted by Crippen LogP contribution is 2.33. The van der Waals surface area contributed by atoms with Crippen LogP contribution in [0, 0.1) is 0 Å². The molecule has 1 amide bonds. The second kappa shape index (κ2) is 6.52. The molecule has 0 saturated heterocycles. The van der Waals surface area contributed by atoms with E-state index in [1.807, 2.05) is 48.5 Å². The van der Waals surface area contributed by atoms with Crippen LogP contribution in [0.2, 0.25) is 0 Å². The number of hydrogen-bond donors (Lipinski definition) is 1. The van der Waals surface area contributed by atoms with Gasteiger partial charge in [-0.05, 0) is 18.6 Å². The van der Waals surface area contributed by atoms with Crippen LogP contribution in [-0.2, 0) is 11.3 Å². The first kappa shape index (κ1) is 14.4. The zero-order valence-electron chi connectivity index (χ0n) is 12.5. The van der Waals surface area contributed by atoms with E-state index in [0.717, 1.165) is 22.6 Å². The Balaban J connectivity index is 1.71. The summed E-state index contributed by atoms with van der Waals surface area (Å²) in [4.78, 5) is 12.5. The first-order valence-corrected chi connectivity index (χ1v) is 7.41. The van der Waals surface area contributed by atoms with E-state index in [2.05, 4.69) is 5.32 Å². The van der Waals surface area contributed by atoms with Crippen molar-refractivity contribution in [1.82, 2.24) is 5.32 Å². The zero-order chi connectivity index (χ0) is 15.4. The van der Waals surface area contributed by atoms with Crippen LogP contribution in [0.4, 0.5) is 0 Å². The minimum absolute atomic E-state index is 0.0293. The molecule has 0 aliphatic carbocycles. The Morgan fingerprint density at radius 3 is 2.86 bits per heavy atom. The summed E-state index contributed by atoms with van der Waals surface area (Å²) in [5, 5.41) is 3.01. The maximum Gasteiger partial charge on any atom is 0.228 e. The van der Waals surface area contributed by atoms with Gasteiger partial charge in [0.25, 0.3) is 0 Å². The third kappa shape index (κ3) is 2.91. The molecule has 3 rings (SSSR count). The molecule has 4 heteroatoms. The van der Waals surface area contributed by atoms with E-state index in [0.29, 0.717) is 19.6 Å². The Labute approximate surface area is 130 Å². The van der Waals surface area contributed by atoms with Crippen LogP contribution in [0.1, 0.15) is 23.5 Å². The van der Waals surface area contributed by atoms with Crippen LogP contribution in [0.5, 0.6) is 11.5 Å². The standard InChI is InChI=1S/C18H19NO3/c1-21-16-8-4-2-6-13(16)12-19-18(20)15-10-11-22-17-9-5-3-7-14(15)17/h2-9,15H,10-12H2,1H3,(H,19,20). The number of nitrogens with one attached hydrogen (secondary N) is 1. The highest BCUT2D eigenvalue weighted by atomic mass is 16.5. The van der Waals surface area contributed by atoms with Gasteiger partial charge in [0, 0.05) is 17.7 Å². The number of rotatable bonds is 4. The topological polar surface area (TPSA) is 47.6 Å². The van der Waals surface area contributed by atoms with Gasteiger partial charge in [-0.15, -0.1) is 0 Å². The molecule has 0 radical (unpaired) electrons. The lowest BCUT2D eigenvalue weighted by atomic mass is 9.92. The number of carbonyl (C=O) groups is 1. The third-order valence-corrected chi connectivity index (χ3v) is 3.92. The van der Waals surface area contributed by atoms with Gasteiger partial charge in [-0.1, -0.05) is 36.4 Å². The predicted molar refractivity (Wildman–Crippen MR) is 84.1 cm³/mol. The van der Waals surface area contributed by atoms with E-state index in [1.165, 1.54) is 0 Å². The van der Waals surface area contributed by atoms with Crippen LogP contribution < -0.4 is 14.8 Å². The summed E-state index contributed by atoms with van der Waals surface area (Å²) >= 11 is 0. The number of ether oxygens (including phenoxy) is 2. The van der Waals surface area contributed by atoms with E-state index in [-0.39, 0.29) is 11.8 Å². The second-order valence-electron chi connectivity index (χ2n) is 5.26. The molecular weight excluding hydrogens is 278 g/mol. The van der Waals surface area contributed by atoms with Crippen molar-refractivity contribution >= 4 is 5.91 Å². The summed E-state index contributed by atoms with van der Waals surface area (Å²) in [6, 6.07) is 15.4. The Hall–Kier alpha value is -2.49. The van der Waals surface area contributed by atoms with Crippen molar-refractivity contribution in [3.8, 4) is 11.5 Å². The molecule has 0 bridgehead atoms. The van der Waals surface area contributed by atoms with Gasteiger partial charge >= 0.3 is 0 Å². The molecule has 1 N–H and O–H groups in total. The average Bonchev–Trinajstić information content (AvgIpc) is 2.59. The van der Waals surface area contributed by atoms with E-state index < -0.39 is 0 Å². The van der Waals surface area contributed by atoms with Gasteiger partial charge in [0.15, 0.2) is 0 Å². The minimum Gasteiger partial charge on any atom is -0.496 e. The monoisotopic (exact) mass is 297 g/mol. The number of fused-ring (bicyclic) bond motifs is 1. The van der Waals surface area contributed by atoms with Crippen molar-refractivity contribution in [2.45, 2.75) is 18.9 Å². The van der Waals surface area contributed by atoms with E-state index >= 15 is 0 Å². The number of amides is 1. The number of para-hydroxylation sites is 2. The molecule has 2 aromatic rings. The summed E-state index contributed by atoms with van der Waals surface area (Å²) in [7, 11) is 1.63. The fourth-order valence-corrected chi connectivity index (χ4v) is 2.77. The fraction of sp³-hybridized carbons (Fsp3) is 0.278. The normalized spacial score (nSPS) is 16.3. The molecule has 4 nitrogen and oxygen atoms in total. The van der Waals surface area contributed by atoms with Crippen molar-refractivity contribution in [3.05, 3.63) is 59.7 Å². The second-order valence-corrected chi connectivity index (χ2v) is 5.26. The predicted octanol–water partition coefficient (Wildman–Crippen LogP) is 2.88. The first-order valence-electron chi connectivity index (χ1n) is 7.41. The third-order valence-electron chi connectivity index (χ3n) is 3.92. The highest BCUT2D eigenvalue weighted by Gasteiger charge is 2.27. The van der Waals surface area contributed by atoms with Gasteiger partial charge in [-0.2, -0.15) is 0 Å². The SMILES string of the molecule is COc1ccccc1CNC(=O)C1CCOc2ccccc21. The average molecular weight is 297 g/mol. The molecule has 1 aliphatic rings. The van der Waals surface area contributed by atoms with Gasteiger partial charge in [-0.3, -0.25) is 4.79 Å². The molecule has 1 atom stereocenters. The lowest BCUT2D eigenvalue weighted by molar-refractivity contribution is -0.123. The Morgan fingerprint density at radius 1 is 1.23 bits per heavy atom. The highest BCUT2D eigenvalue weighted by molar-refractivity contribution is 5.84. The van der Waals surface area contributed by atoms with Crippen molar-refractivity contribution in [2.75, 3.05) is 13.7 Å². The summed E-state index contributed by atoms with van der Waals surface area (Å²) in [6.45, 7) is 1.03. The molecule has 0 saturated carbocycles. The lowest BCUT2D eigenvalue weighted by Crippen LogP contribution is -2.32. The summed E-state index contributed by atoms with van der Waals surface area (Å²) in [6.07, 6.45) is 0.703. The first-order chi connectivity index (χ1) is 10.8. The molecule has 0 spiro atoms. The zero-order valence-corrected chi connectivity index (χ0v) is 12.5. The minimum atomic E-state index is -0.153. The van der Waals surface area contributed by atoms with Crippen LogP contribution in [0.15, 0.2) is 48.5 Å². The smallest absolute Gasteiger partial charge is 0.228 e. The maximum absolute atomic E-state index is 12.5. The quantitative estimate of drug-likeness (QED) is 0.944. The molecule has 0 aromatic heterocycles. The summed E-state index contributed by atoms with van der Waals surface area (Å²) in [5.74, 6) is 1.47. The number of hydrogen-bond acceptors (Lipinski definition) is 3. The Bertz CT molecular complexity index is 669. The van der Waals surface area contributed by atoms with Crippen LogP contribution >= 0.6 is 0 Å². The van der Waals surface area contributed by atoms with Gasteiger partial charge in [-0.25, -0.2) is 0 Å². The molecule has 22 heavy (non-hydrogen) atoms. The van der Waals surface area contributed by atoms with E-state index in [1.54, 1.807) is 7.11 Å². The molecule has 2 aromatic carbocycles. The largest absolute Gasteiger partial charge is 0.496 e. The summed E-state index contributed by atoms with van der Waals surface area (Å²) < 4.78 is 10.9. The molecule has 1 aliphatic heterocycles. The fourth-order valence-electron chi connectivity index (χ4n) is 2.77. The number of methoxy groups -OCH3 is 1. The van der Waals surface area contributed by atoms with Gasteiger partial charge in [0.05, 0.1) is 19.6 Å². The van der Waals surface area contributed by atoms with Crippen LogP contribution in [-0.4, -0.2) is 19.6 Å². The van der Waals surface area contributed by atoms with Crippen LogP contribution in [0.25, 0.3) is 0 Å². The van der Waals surface area contributed by atoms with Crippen molar-refractivity contribution < 1.29 is 14.3 Å². The van der Waals surface area contributed by atoms with Gasteiger partial charge in [0.1, 0.15) is 11.5 Å². The lowest BCUT2D eigenvalue weighted by Gasteiger charge is -2.25. The van der Waals surface area contributed by atoms with Crippen molar-refractivity contribution in [3.63, 3.8) is 0 Å². The molecular formula is C18H19NO3. The number of carbonyl (C=O) groups excluding carboxylic acids is 1. The van der Waals surface area contributed by atoms with Crippen LogP contribution in [0.3, 0.4) is 0 Å². The van der Waals surface area contributed by atoms with Gasteiger partial charge in [0.2, 0.25) is 5.91 Å². The van der Waals surface area contributed by atoms with Crippen molar-refractivity contribution in [2.24, 2.45) is 0 Å². The maximum atomic E-state index is 12.5. The van der Waals surface area contributed by atoms with E-state index in [9.17, 15) is 4.79 Å². The number of benzene rings is 2.